The molecule has 0 atom stereocenters. The number of alkyl halides is 2. The lowest BCUT2D eigenvalue weighted by molar-refractivity contribution is -0.0506. The quantitative estimate of drug-likeness (QED) is 0.811. The van der Waals surface area contributed by atoms with Crippen molar-refractivity contribution in [1.29, 1.82) is 0 Å². The Kier molecular flexibility index (Phi) is 5.04. The lowest BCUT2D eigenvalue weighted by Crippen LogP contribution is -2.37. The van der Waals surface area contributed by atoms with Gasteiger partial charge in [-0.15, -0.1) is 0 Å². The van der Waals surface area contributed by atoms with E-state index in [4.69, 9.17) is 9.47 Å². The van der Waals surface area contributed by atoms with Crippen LogP contribution in [-0.2, 0) is 16.8 Å². The molecule has 22 heavy (non-hydrogen) atoms. The van der Waals surface area contributed by atoms with Gasteiger partial charge in [-0.1, -0.05) is 6.92 Å². The van der Waals surface area contributed by atoms with E-state index in [1.54, 1.807) is 6.92 Å². The van der Waals surface area contributed by atoms with Gasteiger partial charge in [-0.05, 0) is 6.07 Å². The maximum absolute atomic E-state index is 12.5. The molecule has 0 amide bonds. The van der Waals surface area contributed by atoms with Gasteiger partial charge >= 0.3 is 6.61 Å². The largest absolute Gasteiger partial charge is 0.454 e. The maximum atomic E-state index is 12.5. The standard InChI is InChI=1S/C12H16F2N2O5S/c1-3-15-22(17,18)16(2)6-8-4-10-11(20-7-19-10)5-9(8)21-12(13)14/h4-5,12,15H,3,6-7H2,1-2H3. The van der Waals surface area contributed by atoms with Gasteiger partial charge in [0, 0.05) is 31.8 Å². The number of rotatable bonds is 7. The molecule has 1 aromatic carbocycles. The molecular weight excluding hydrogens is 322 g/mol. The van der Waals surface area contributed by atoms with Gasteiger partial charge in [0.05, 0.1) is 0 Å². The zero-order valence-corrected chi connectivity index (χ0v) is 12.8. The fourth-order valence-corrected chi connectivity index (χ4v) is 2.81. The van der Waals surface area contributed by atoms with Crippen LogP contribution in [0.1, 0.15) is 12.5 Å². The highest BCUT2D eigenvalue weighted by atomic mass is 32.2. The van der Waals surface area contributed by atoms with Crippen molar-refractivity contribution in [2.24, 2.45) is 0 Å². The first-order chi connectivity index (χ1) is 10.3. The fraction of sp³-hybridized carbons (Fsp3) is 0.500. The summed E-state index contributed by atoms with van der Waals surface area (Å²) in [4.78, 5) is 0. The summed E-state index contributed by atoms with van der Waals surface area (Å²) in [6.07, 6.45) is 0. The number of ether oxygens (including phenoxy) is 3. The Labute approximate surface area is 126 Å². The van der Waals surface area contributed by atoms with Crippen molar-refractivity contribution in [3.63, 3.8) is 0 Å². The van der Waals surface area contributed by atoms with Crippen LogP contribution < -0.4 is 18.9 Å². The van der Waals surface area contributed by atoms with E-state index in [0.29, 0.717) is 5.75 Å². The normalized spacial score (nSPS) is 13.9. The Bertz CT molecular complexity index is 639. The lowest BCUT2D eigenvalue weighted by atomic mass is 10.1. The summed E-state index contributed by atoms with van der Waals surface area (Å²) in [5, 5.41) is 0. The molecule has 0 fully saturated rings. The summed E-state index contributed by atoms with van der Waals surface area (Å²) in [5.41, 5.74) is 0.244. The van der Waals surface area contributed by atoms with Crippen LogP contribution in [-0.4, -0.2) is 39.7 Å². The van der Waals surface area contributed by atoms with Crippen molar-refractivity contribution < 1.29 is 31.4 Å². The monoisotopic (exact) mass is 338 g/mol. The Morgan fingerprint density at radius 1 is 1.36 bits per heavy atom. The molecule has 124 valence electrons. The fourth-order valence-electron chi connectivity index (χ4n) is 1.91. The van der Waals surface area contributed by atoms with Gasteiger partial charge in [0.25, 0.3) is 10.2 Å². The van der Waals surface area contributed by atoms with E-state index in [1.165, 1.54) is 19.2 Å². The summed E-state index contributed by atoms with van der Waals surface area (Å²) in [6, 6.07) is 2.69. The summed E-state index contributed by atoms with van der Waals surface area (Å²) in [6.45, 7) is -1.37. The van der Waals surface area contributed by atoms with E-state index >= 15 is 0 Å². The smallest absolute Gasteiger partial charge is 0.387 e. The summed E-state index contributed by atoms with van der Waals surface area (Å²) >= 11 is 0. The minimum Gasteiger partial charge on any atom is -0.454 e. The van der Waals surface area contributed by atoms with Gasteiger partial charge in [0.15, 0.2) is 11.5 Å². The van der Waals surface area contributed by atoms with Crippen LogP contribution in [0, 0.1) is 0 Å². The molecule has 0 spiro atoms. The second-order valence-corrected chi connectivity index (χ2v) is 6.31. The first kappa shape index (κ1) is 16.7. The molecule has 1 heterocycles. The average Bonchev–Trinajstić information content (AvgIpc) is 2.85. The third kappa shape index (κ3) is 3.76. The van der Waals surface area contributed by atoms with Crippen molar-refractivity contribution >= 4 is 10.2 Å². The van der Waals surface area contributed by atoms with Crippen LogP contribution in [0.3, 0.4) is 0 Å². The maximum Gasteiger partial charge on any atom is 0.387 e. The third-order valence-corrected chi connectivity index (χ3v) is 4.51. The highest BCUT2D eigenvalue weighted by Crippen LogP contribution is 2.39. The number of fused-ring (bicyclic) bond motifs is 1. The van der Waals surface area contributed by atoms with Gasteiger partial charge in [-0.2, -0.15) is 21.5 Å². The number of nitrogens with one attached hydrogen (secondary N) is 1. The zero-order chi connectivity index (χ0) is 16.3. The van der Waals surface area contributed by atoms with Gasteiger partial charge in [-0.3, -0.25) is 0 Å². The SMILES string of the molecule is CCNS(=O)(=O)N(C)Cc1cc2c(cc1OC(F)F)OCO2. The third-order valence-electron chi connectivity index (χ3n) is 2.90. The predicted octanol–water partition coefficient (Wildman–Crippen LogP) is 1.30. The molecule has 0 aromatic heterocycles. The number of nitrogens with zero attached hydrogens (tertiary/aromatic N) is 1. The molecule has 1 N–H and O–H groups in total. The van der Waals surface area contributed by atoms with Crippen molar-refractivity contribution in [2.75, 3.05) is 20.4 Å². The minimum absolute atomic E-state index is 0.0293. The van der Waals surface area contributed by atoms with E-state index < -0.39 is 16.8 Å². The summed E-state index contributed by atoms with van der Waals surface area (Å²) in [5.74, 6) is 0.472. The molecule has 0 radical (unpaired) electrons. The zero-order valence-electron chi connectivity index (χ0n) is 12.0. The van der Waals surface area contributed by atoms with E-state index in [1.807, 2.05) is 0 Å². The van der Waals surface area contributed by atoms with Gasteiger partial charge < -0.3 is 14.2 Å². The van der Waals surface area contributed by atoms with Crippen LogP contribution in [0.5, 0.6) is 17.2 Å². The topological polar surface area (TPSA) is 77.1 Å². The van der Waals surface area contributed by atoms with Crippen LogP contribution in [0.15, 0.2) is 12.1 Å². The molecular formula is C12H16F2N2O5S. The number of hydrogen-bond acceptors (Lipinski definition) is 5. The van der Waals surface area contributed by atoms with Crippen molar-refractivity contribution in [3.8, 4) is 17.2 Å². The van der Waals surface area contributed by atoms with Crippen molar-refractivity contribution in [3.05, 3.63) is 17.7 Å². The first-order valence-electron chi connectivity index (χ1n) is 6.41. The molecule has 1 aliphatic heterocycles. The minimum atomic E-state index is -3.70. The van der Waals surface area contributed by atoms with E-state index in [2.05, 4.69) is 9.46 Å². The summed E-state index contributed by atoms with van der Waals surface area (Å²) in [7, 11) is -2.37. The molecule has 0 saturated carbocycles. The van der Waals surface area contributed by atoms with E-state index in [9.17, 15) is 17.2 Å². The van der Waals surface area contributed by atoms with Gasteiger partial charge in [0.1, 0.15) is 5.75 Å². The number of benzene rings is 1. The van der Waals surface area contributed by atoms with Crippen LogP contribution in [0.25, 0.3) is 0 Å². The molecule has 0 aliphatic carbocycles. The average molecular weight is 338 g/mol. The van der Waals surface area contributed by atoms with Crippen molar-refractivity contribution in [2.45, 2.75) is 20.1 Å². The molecule has 0 unspecified atom stereocenters. The predicted molar refractivity (Wildman–Crippen MR) is 73.3 cm³/mol. The highest BCUT2D eigenvalue weighted by Gasteiger charge is 2.23. The second-order valence-electron chi connectivity index (χ2n) is 4.45. The van der Waals surface area contributed by atoms with E-state index in [0.717, 1.165) is 4.31 Å². The molecule has 10 heteroatoms. The van der Waals surface area contributed by atoms with Crippen LogP contribution in [0.4, 0.5) is 8.78 Å². The Morgan fingerprint density at radius 2 is 2.00 bits per heavy atom. The van der Waals surface area contributed by atoms with Crippen LogP contribution >= 0.6 is 0 Å². The van der Waals surface area contributed by atoms with Crippen LogP contribution in [0.2, 0.25) is 0 Å². The molecule has 7 nitrogen and oxygen atoms in total. The lowest BCUT2D eigenvalue weighted by Gasteiger charge is -2.19. The molecule has 1 aliphatic rings. The highest BCUT2D eigenvalue weighted by molar-refractivity contribution is 7.87. The van der Waals surface area contributed by atoms with E-state index in [-0.39, 0.29) is 36.9 Å². The number of halogens is 2. The number of hydrogen-bond donors (Lipinski definition) is 1. The Balaban J connectivity index is 2.29. The second kappa shape index (κ2) is 6.63. The molecule has 2 rings (SSSR count). The Hall–Kier alpha value is -1.65. The van der Waals surface area contributed by atoms with Crippen molar-refractivity contribution in [1.82, 2.24) is 9.03 Å². The molecule has 0 saturated heterocycles. The molecule has 0 bridgehead atoms. The molecule has 1 aromatic rings. The summed E-state index contributed by atoms with van der Waals surface area (Å²) < 4.78 is 66.7. The Morgan fingerprint density at radius 3 is 2.59 bits per heavy atom. The first-order valence-corrected chi connectivity index (χ1v) is 7.85. The van der Waals surface area contributed by atoms with Gasteiger partial charge in [-0.25, -0.2) is 4.72 Å². The van der Waals surface area contributed by atoms with Gasteiger partial charge in [0.2, 0.25) is 6.79 Å².